The van der Waals surface area contributed by atoms with Crippen molar-refractivity contribution in [1.29, 1.82) is 0 Å². The summed E-state index contributed by atoms with van der Waals surface area (Å²) in [4.78, 5) is 24.7. The van der Waals surface area contributed by atoms with Crippen molar-refractivity contribution in [2.45, 2.75) is 13.3 Å². The number of hydrogen-bond donors (Lipinski definition) is 3. The lowest BCUT2D eigenvalue weighted by Gasteiger charge is -2.09. The summed E-state index contributed by atoms with van der Waals surface area (Å²) in [6, 6.07) is 21.5. The highest BCUT2D eigenvalue weighted by Gasteiger charge is 2.13. The Morgan fingerprint density at radius 1 is 0.970 bits per heavy atom. The number of ether oxygens (including phenoxy) is 1. The topological polar surface area (TPSA) is 107 Å². The number of nitrogens with two attached hydrogens (primary N) is 1. The minimum absolute atomic E-state index is 0.247. The van der Waals surface area contributed by atoms with Gasteiger partial charge in [0.05, 0.1) is 18.0 Å². The maximum absolute atomic E-state index is 12.4. The number of carbonyl (C=O) groups is 2. The molecule has 2 amide bonds. The molecule has 1 heterocycles. The highest BCUT2D eigenvalue weighted by molar-refractivity contribution is 6.05. The highest BCUT2D eigenvalue weighted by Crippen LogP contribution is 2.22. The first-order valence-electron chi connectivity index (χ1n) is 10.7. The third-order valence-electron chi connectivity index (χ3n) is 5.17. The quantitative estimate of drug-likeness (QED) is 0.269. The summed E-state index contributed by atoms with van der Waals surface area (Å²) in [6.07, 6.45) is 0.626. The zero-order chi connectivity index (χ0) is 23.2. The number of benzene rings is 3. The summed E-state index contributed by atoms with van der Waals surface area (Å²) in [5.41, 5.74) is 9.16. The van der Waals surface area contributed by atoms with E-state index in [0.717, 1.165) is 16.5 Å². The molecule has 7 heteroatoms. The molecule has 4 N–H and O–H groups in total. The van der Waals surface area contributed by atoms with Gasteiger partial charge in [0, 0.05) is 17.5 Å². The summed E-state index contributed by atoms with van der Waals surface area (Å²) < 4.78 is 11.4. The maximum atomic E-state index is 12.4. The lowest BCUT2D eigenvalue weighted by atomic mass is 10.2. The number of nitrogens with one attached hydrogen (secondary N) is 2. The van der Waals surface area contributed by atoms with Crippen LogP contribution in [0.4, 0.5) is 11.4 Å². The van der Waals surface area contributed by atoms with Crippen molar-refractivity contribution in [2.75, 3.05) is 24.2 Å². The number of aryl methyl sites for hydroxylation is 1. The molecule has 0 bridgehead atoms. The number of amides is 2. The van der Waals surface area contributed by atoms with Crippen LogP contribution < -0.4 is 21.1 Å². The zero-order valence-electron chi connectivity index (χ0n) is 18.3. The van der Waals surface area contributed by atoms with E-state index < -0.39 is 0 Å². The Morgan fingerprint density at radius 3 is 2.52 bits per heavy atom. The number of rotatable bonds is 8. The fourth-order valence-electron chi connectivity index (χ4n) is 3.38. The van der Waals surface area contributed by atoms with Gasteiger partial charge in [-0.2, -0.15) is 0 Å². The molecule has 0 radical (unpaired) electrons. The monoisotopic (exact) mass is 443 g/mol. The fraction of sp³-hybridized carbons (Fsp3) is 0.154. The summed E-state index contributed by atoms with van der Waals surface area (Å²) >= 11 is 0. The number of hydrogen-bond acceptors (Lipinski definition) is 5. The Hall–Kier alpha value is -4.26. The highest BCUT2D eigenvalue weighted by atomic mass is 16.5. The van der Waals surface area contributed by atoms with Gasteiger partial charge in [-0.05, 0) is 61.4 Å². The molecule has 33 heavy (non-hydrogen) atoms. The van der Waals surface area contributed by atoms with Crippen molar-refractivity contribution < 1.29 is 18.7 Å². The van der Waals surface area contributed by atoms with Gasteiger partial charge in [-0.1, -0.05) is 30.3 Å². The van der Waals surface area contributed by atoms with Crippen LogP contribution in [-0.2, 0) is 0 Å². The number of anilines is 2. The number of para-hydroxylation sites is 3. The molecule has 0 aliphatic heterocycles. The third-order valence-corrected chi connectivity index (χ3v) is 5.17. The van der Waals surface area contributed by atoms with Crippen LogP contribution in [0.25, 0.3) is 11.0 Å². The van der Waals surface area contributed by atoms with E-state index in [1.54, 1.807) is 42.5 Å². The summed E-state index contributed by atoms with van der Waals surface area (Å²) in [5.74, 6) is 0.444. The lowest BCUT2D eigenvalue weighted by molar-refractivity contribution is 0.0925. The predicted octanol–water partition coefficient (Wildman–Crippen LogP) is 4.77. The second-order valence-corrected chi connectivity index (χ2v) is 7.63. The molecule has 4 aromatic rings. The van der Waals surface area contributed by atoms with E-state index in [1.807, 2.05) is 37.3 Å². The van der Waals surface area contributed by atoms with Gasteiger partial charge in [0.15, 0.2) is 5.76 Å². The Labute approximate surface area is 191 Å². The molecular weight excluding hydrogens is 418 g/mol. The Kier molecular flexibility index (Phi) is 6.59. The minimum Gasteiger partial charge on any atom is -0.494 e. The number of fused-ring (bicyclic) bond motifs is 1. The molecule has 0 atom stereocenters. The first kappa shape index (κ1) is 22.0. The van der Waals surface area contributed by atoms with Crippen LogP contribution in [0.5, 0.6) is 5.75 Å². The van der Waals surface area contributed by atoms with Crippen molar-refractivity contribution in [3.05, 3.63) is 89.7 Å². The smallest absolute Gasteiger partial charge is 0.287 e. The summed E-state index contributed by atoms with van der Waals surface area (Å²) in [5, 5.41) is 6.54. The normalized spacial score (nSPS) is 10.7. The van der Waals surface area contributed by atoms with E-state index in [4.69, 9.17) is 14.9 Å². The molecule has 7 nitrogen and oxygen atoms in total. The van der Waals surface area contributed by atoms with Gasteiger partial charge in [0.1, 0.15) is 11.3 Å². The number of nitrogen functional groups attached to an aromatic ring is 1. The molecule has 4 rings (SSSR count). The van der Waals surface area contributed by atoms with E-state index in [-0.39, 0.29) is 11.8 Å². The molecule has 0 spiro atoms. The molecule has 0 saturated carbocycles. The maximum Gasteiger partial charge on any atom is 0.287 e. The van der Waals surface area contributed by atoms with Crippen molar-refractivity contribution in [3.63, 3.8) is 0 Å². The van der Waals surface area contributed by atoms with Crippen molar-refractivity contribution >= 4 is 34.2 Å². The lowest BCUT2D eigenvalue weighted by Crippen LogP contribution is -2.25. The minimum atomic E-state index is -0.250. The molecular formula is C26H25N3O4. The predicted molar refractivity (Wildman–Crippen MR) is 129 cm³/mol. The molecule has 0 unspecified atom stereocenters. The van der Waals surface area contributed by atoms with E-state index in [0.29, 0.717) is 48.0 Å². The molecule has 3 aromatic carbocycles. The molecule has 0 fully saturated rings. The van der Waals surface area contributed by atoms with Gasteiger partial charge < -0.3 is 25.5 Å². The van der Waals surface area contributed by atoms with E-state index in [1.165, 1.54) is 0 Å². The molecule has 0 aliphatic carbocycles. The number of furan rings is 1. The average molecular weight is 444 g/mol. The molecule has 0 saturated heterocycles. The first-order valence-corrected chi connectivity index (χ1v) is 10.7. The van der Waals surface area contributed by atoms with Crippen molar-refractivity contribution in [3.8, 4) is 5.75 Å². The summed E-state index contributed by atoms with van der Waals surface area (Å²) in [6.45, 7) is 2.82. The van der Waals surface area contributed by atoms with Gasteiger partial charge in [0.2, 0.25) is 0 Å². The second kappa shape index (κ2) is 9.91. The largest absolute Gasteiger partial charge is 0.494 e. The van der Waals surface area contributed by atoms with Gasteiger partial charge in [-0.15, -0.1) is 0 Å². The van der Waals surface area contributed by atoms with Gasteiger partial charge in [-0.3, -0.25) is 9.59 Å². The van der Waals surface area contributed by atoms with E-state index in [9.17, 15) is 9.59 Å². The zero-order valence-corrected chi connectivity index (χ0v) is 18.3. The average Bonchev–Trinajstić information content (AvgIpc) is 3.27. The van der Waals surface area contributed by atoms with Crippen LogP contribution >= 0.6 is 0 Å². The van der Waals surface area contributed by atoms with E-state index in [2.05, 4.69) is 10.6 Å². The molecule has 1 aromatic heterocycles. The first-order chi connectivity index (χ1) is 16.0. The Bertz CT molecular complexity index is 1280. The second-order valence-electron chi connectivity index (χ2n) is 7.63. The van der Waals surface area contributed by atoms with Crippen LogP contribution in [0.15, 0.2) is 77.2 Å². The van der Waals surface area contributed by atoms with Crippen LogP contribution in [0.1, 0.15) is 32.9 Å². The van der Waals surface area contributed by atoms with Crippen LogP contribution in [-0.4, -0.2) is 25.0 Å². The van der Waals surface area contributed by atoms with Crippen LogP contribution in [0.3, 0.4) is 0 Å². The van der Waals surface area contributed by atoms with E-state index >= 15 is 0 Å². The Balaban J connectivity index is 1.21. The molecule has 168 valence electrons. The third kappa shape index (κ3) is 5.33. The van der Waals surface area contributed by atoms with Crippen LogP contribution in [0, 0.1) is 6.92 Å². The fourth-order valence-corrected chi connectivity index (χ4v) is 3.38. The van der Waals surface area contributed by atoms with Crippen molar-refractivity contribution in [1.82, 2.24) is 5.32 Å². The number of carbonyl (C=O) groups excluding carboxylic acids is 2. The SMILES string of the molecule is Cc1cccc2cc(C(=O)NCCCOc3ccc(C(=O)Nc4ccccc4N)cc3)oc12. The van der Waals surface area contributed by atoms with Crippen molar-refractivity contribution in [2.24, 2.45) is 0 Å². The Morgan fingerprint density at radius 2 is 1.76 bits per heavy atom. The standard InChI is InChI=1S/C26H25N3O4/c1-17-6-4-7-19-16-23(33-24(17)19)26(31)28-14-5-15-32-20-12-10-18(11-13-20)25(30)29-22-9-3-2-8-21(22)27/h2-4,6-13,16H,5,14-15,27H2,1H3,(H,28,31)(H,29,30). The van der Waals surface area contributed by atoms with Gasteiger partial charge >= 0.3 is 0 Å². The van der Waals surface area contributed by atoms with Gasteiger partial charge in [-0.25, -0.2) is 0 Å². The van der Waals surface area contributed by atoms with Crippen LogP contribution in [0.2, 0.25) is 0 Å². The summed E-state index contributed by atoms with van der Waals surface area (Å²) in [7, 11) is 0. The molecule has 0 aliphatic rings. The van der Waals surface area contributed by atoms with Gasteiger partial charge in [0.25, 0.3) is 11.8 Å².